The fraction of sp³-hybridized carbons (Fsp3) is 0.167. The topological polar surface area (TPSA) is 58.6 Å². The third-order valence-electron chi connectivity index (χ3n) is 4.95. The molecule has 0 radical (unpaired) electrons. The van der Waals surface area contributed by atoms with Gasteiger partial charge in [0.2, 0.25) is 5.91 Å². The van der Waals surface area contributed by atoms with Crippen molar-refractivity contribution in [2.45, 2.75) is 19.4 Å². The smallest absolute Gasteiger partial charge is 0.259 e. The standard InChI is InChI=1S/C24H21FN2O3/c25-18-9-7-17(8-10-18)16-30-22-5-2-1-4-21(22)24(29)26-19-11-13-20(14-12-19)27-15-3-6-23(27)28/h1-2,4-5,7-14H,3,6,15-16H2,(H,26,29). The Hall–Kier alpha value is -3.67. The van der Waals surface area contributed by atoms with Gasteiger partial charge >= 0.3 is 0 Å². The molecule has 1 aliphatic heterocycles. The van der Waals surface area contributed by atoms with Crippen LogP contribution in [0.15, 0.2) is 72.8 Å². The first kappa shape index (κ1) is 19.6. The number of anilines is 2. The van der Waals surface area contributed by atoms with E-state index in [9.17, 15) is 14.0 Å². The van der Waals surface area contributed by atoms with Crippen molar-refractivity contribution in [3.63, 3.8) is 0 Å². The molecule has 5 nitrogen and oxygen atoms in total. The second kappa shape index (κ2) is 8.78. The monoisotopic (exact) mass is 404 g/mol. The normalized spacial score (nSPS) is 13.4. The fourth-order valence-electron chi connectivity index (χ4n) is 3.37. The van der Waals surface area contributed by atoms with Crippen LogP contribution in [-0.2, 0) is 11.4 Å². The summed E-state index contributed by atoms with van der Waals surface area (Å²) in [4.78, 5) is 26.4. The molecule has 6 heteroatoms. The molecule has 0 aromatic heterocycles. The van der Waals surface area contributed by atoms with Crippen molar-refractivity contribution in [1.82, 2.24) is 0 Å². The largest absolute Gasteiger partial charge is 0.488 e. The van der Waals surface area contributed by atoms with Gasteiger partial charge < -0.3 is 15.0 Å². The Labute approximate surface area is 174 Å². The lowest BCUT2D eigenvalue weighted by molar-refractivity contribution is -0.117. The minimum Gasteiger partial charge on any atom is -0.488 e. The van der Waals surface area contributed by atoms with Gasteiger partial charge in [0.15, 0.2) is 0 Å². The number of hydrogen-bond acceptors (Lipinski definition) is 3. The Kier molecular flexibility index (Phi) is 5.75. The molecule has 0 spiro atoms. The lowest BCUT2D eigenvalue weighted by Crippen LogP contribution is -2.23. The van der Waals surface area contributed by atoms with E-state index < -0.39 is 0 Å². The van der Waals surface area contributed by atoms with E-state index in [0.29, 0.717) is 23.4 Å². The highest BCUT2D eigenvalue weighted by Crippen LogP contribution is 2.25. The van der Waals surface area contributed by atoms with Gasteiger partial charge in [-0.3, -0.25) is 9.59 Å². The van der Waals surface area contributed by atoms with Gasteiger partial charge in [-0.1, -0.05) is 24.3 Å². The average Bonchev–Trinajstić information content (AvgIpc) is 3.20. The van der Waals surface area contributed by atoms with E-state index >= 15 is 0 Å². The van der Waals surface area contributed by atoms with Crippen LogP contribution in [0.2, 0.25) is 0 Å². The maximum absolute atomic E-state index is 13.0. The summed E-state index contributed by atoms with van der Waals surface area (Å²) in [6.07, 6.45) is 1.44. The van der Waals surface area contributed by atoms with Crippen LogP contribution in [0, 0.1) is 5.82 Å². The van der Waals surface area contributed by atoms with Crippen molar-refractivity contribution in [2.75, 3.05) is 16.8 Å². The second-order valence-corrected chi connectivity index (χ2v) is 7.06. The summed E-state index contributed by atoms with van der Waals surface area (Å²) in [6.45, 7) is 0.951. The second-order valence-electron chi connectivity index (χ2n) is 7.06. The van der Waals surface area contributed by atoms with E-state index in [1.807, 2.05) is 12.1 Å². The lowest BCUT2D eigenvalue weighted by Gasteiger charge is -2.16. The highest BCUT2D eigenvalue weighted by molar-refractivity contribution is 6.06. The zero-order valence-electron chi connectivity index (χ0n) is 16.3. The molecule has 0 atom stereocenters. The number of rotatable bonds is 6. The van der Waals surface area contributed by atoms with Gasteiger partial charge in [-0.05, 0) is 60.5 Å². The SMILES string of the molecule is O=C(Nc1ccc(N2CCCC2=O)cc1)c1ccccc1OCc1ccc(F)cc1. The number of nitrogens with one attached hydrogen (secondary N) is 1. The van der Waals surface area contributed by atoms with E-state index in [0.717, 1.165) is 24.2 Å². The number of benzene rings is 3. The van der Waals surface area contributed by atoms with Crippen LogP contribution in [0.4, 0.5) is 15.8 Å². The Balaban J connectivity index is 1.43. The van der Waals surface area contributed by atoms with E-state index in [1.165, 1.54) is 12.1 Å². The van der Waals surface area contributed by atoms with Gasteiger partial charge in [0.05, 0.1) is 5.56 Å². The molecular weight excluding hydrogens is 383 g/mol. The van der Waals surface area contributed by atoms with E-state index in [1.54, 1.807) is 53.4 Å². The zero-order chi connectivity index (χ0) is 20.9. The van der Waals surface area contributed by atoms with Crippen molar-refractivity contribution in [3.05, 3.63) is 89.7 Å². The predicted octanol–water partition coefficient (Wildman–Crippen LogP) is 4.78. The number of hydrogen-bond donors (Lipinski definition) is 1. The number of carbonyl (C=O) groups excluding carboxylic acids is 2. The summed E-state index contributed by atoms with van der Waals surface area (Å²) in [5.41, 5.74) is 2.67. The third kappa shape index (κ3) is 4.49. The van der Waals surface area contributed by atoms with Crippen molar-refractivity contribution < 1.29 is 18.7 Å². The molecule has 0 saturated carbocycles. The summed E-state index contributed by atoms with van der Waals surface area (Å²) in [5, 5.41) is 2.86. The minimum absolute atomic E-state index is 0.124. The number of nitrogens with zero attached hydrogens (tertiary/aromatic N) is 1. The number of halogens is 1. The third-order valence-corrected chi connectivity index (χ3v) is 4.95. The highest BCUT2D eigenvalue weighted by atomic mass is 19.1. The molecule has 1 N–H and O–H groups in total. The number of ether oxygens (including phenoxy) is 1. The summed E-state index contributed by atoms with van der Waals surface area (Å²) in [6, 6.07) is 20.2. The lowest BCUT2D eigenvalue weighted by atomic mass is 10.1. The fourth-order valence-corrected chi connectivity index (χ4v) is 3.37. The molecule has 3 aromatic rings. The van der Waals surface area contributed by atoms with E-state index in [-0.39, 0.29) is 24.2 Å². The van der Waals surface area contributed by atoms with Crippen LogP contribution in [-0.4, -0.2) is 18.4 Å². The van der Waals surface area contributed by atoms with Gasteiger partial charge in [0, 0.05) is 24.3 Å². The van der Waals surface area contributed by atoms with Gasteiger partial charge in [-0.25, -0.2) is 4.39 Å². The van der Waals surface area contributed by atoms with Crippen LogP contribution >= 0.6 is 0 Å². The molecule has 3 aromatic carbocycles. The first-order valence-corrected chi connectivity index (χ1v) is 9.78. The quantitative estimate of drug-likeness (QED) is 0.643. The molecule has 2 amide bonds. The molecule has 1 fully saturated rings. The van der Waals surface area contributed by atoms with Crippen LogP contribution in [0.3, 0.4) is 0 Å². The first-order chi connectivity index (χ1) is 14.6. The molecule has 1 heterocycles. The van der Waals surface area contributed by atoms with Crippen molar-refractivity contribution in [3.8, 4) is 5.75 Å². The predicted molar refractivity (Wildman–Crippen MR) is 113 cm³/mol. The minimum atomic E-state index is -0.307. The van der Waals surface area contributed by atoms with Crippen molar-refractivity contribution in [2.24, 2.45) is 0 Å². The average molecular weight is 404 g/mol. The van der Waals surface area contributed by atoms with Crippen LogP contribution in [0.1, 0.15) is 28.8 Å². The van der Waals surface area contributed by atoms with Gasteiger partial charge in [-0.15, -0.1) is 0 Å². The van der Waals surface area contributed by atoms with Crippen LogP contribution < -0.4 is 15.0 Å². The van der Waals surface area contributed by atoms with Crippen LogP contribution in [0.5, 0.6) is 5.75 Å². The Morgan fingerprint density at radius 1 is 1.00 bits per heavy atom. The highest BCUT2D eigenvalue weighted by Gasteiger charge is 2.21. The maximum atomic E-state index is 13.0. The molecule has 152 valence electrons. The number of amides is 2. The van der Waals surface area contributed by atoms with E-state index in [2.05, 4.69) is 5.32 Å². The Morgan fingerprint density at radius 3 is 2.43 bits per heavy atom. The molecule has 0 aliphatic carbocycles. The molecule has 0 bridgehead atoms. The van der Waals surface area contributed by atoms with Crippen molar-refractivity contribution >= 4 is 23.2 Å². The van der Waals surface area contributed by atoms with Gasteiger partial charge in [-0.2, -0.15) is 0 Å². The summed E-state index contributed by atoms with van der Waals surface area (Å²) in [7, 11) is 0. The molecule has 30 heavy (non-hydrogen) atoms. The van der Waals surface area contributed by atoms with Crippen molar-refractivity contribution in [1.29, 1.82) is 0 Å². The Bertz CT molecular complexity index is 1050. The molecule has 4 rings (SSSR count). The number of para-hydroxylation sites is 1. The van der Waals surface area contributed by atoms with E-state index in [4.69, 9.17) is 4.74 Å². The molecule has 1 saturated heterocycles. The number of carbonyl (C=O) groups is 2. The maximum Gasteiger partial charge on any atom is 0.259 e. The van der Waals surface area contributed by atoms with Gasteiger partial charge in [0.25, 0.3) is 5.91 Å². The summed E-state index contributed by atoms with van der Waals surface area (Å²) in [5.74, 6) is -0.0361. The molecule has 0 unspecified atom stereocenters. The van der Waals surface area contributed by atoms with Crippen LogP contribution in [0.25, 0.3) is 0 Å². The first-order valence-electron chi connectivity index (χ1n) is 9.78. The molecule has 1 aliphatic rings. The Morgan fingerprint density at radius 2 is 1.73 bits per heavy atom. The van der Waals surface area contributed by atoms with Gasteiger partial charge in [0.1, 0.15) is 18.2 Å². The zero-order valence-corrected chi connectivity index (χ0v) is 16.3. The molecular formula is C24H21FN2O3. The summed E-state index contributed by atoms with van der Waals surface area (Å²) >= 11 is 0. The summed E-state index contributed by atoms with van der Waals surface area (Å²) < 4.78 is 18.8.